The van der Waals surface area contributed by atoms with E-state index in [1.54, 1.807) is 12.1 Å². The van der Waals surface area contributed by atoms with E-state index in [4.69, 9.17) is 0 Å². The first-order valence-electron chi connectivity index (χ1n) is 8.03. The van der Waals surface area contributed by atoms with E-state index in [0.29, 0.717) is 11.3 Å². The molecule has 2 aromatic rings. The third kappa shape index (κ3) is 5.10. The largest absolute Gasteiger partial charge is 0.465 e. The van der Waals surface area contributed by atoms with E-state index in [2.05, 4.69) is 10.1 Å². The Morgan fingerprint density at radius 3 is 2.19 bits per heavy atom. The molecule has 6 nitrogen and oxygen atoms in total. The number of halogens is 2. The predicted molar refractivity (Wildman–Crippen MR) is 94.5 cm³/mol. The van der Waals surface area contributed by atoms with Gasteiger partial charge in [0.15, 0.2) is 11.6 Å². The Labute approximate surface area is 154 Å². The van der Waals surface area contributed by atoms with Gasteiger partial charge in [-0.05, 0) is 42.5 Å². The highest BCUT2D eigenvalue weighted by Crippen LogP contribution is 2.16. The lowest BCUT2D eigenvalue weighted by atomic mass is 10.2. The molecule has 1 N–H and O–H groups in total. The average Bonchev–Trinajstić information content (AvgIpc) is 2.66. The number of amides is 2. The SMILES string of the molecule is COC(=O)c1ccc(N(CCNC(=O)c2ccc(F)c(F)c2)C(C)=O)cc1. The van der Waals surface area contributed by atoms with Crippen LogP contribution in [0.4, 0.5) is 14.5 Å². The summed E-state index contributed by atoms with van der Waals surface area (Å²) in [6.07, 6.45) is 0. The molecule has 2 amide bonds. The Morgan fingerprint density at radius 1 is 1.00 bits per heavy atom. The lowest BCUT2D eigenvalue weighted by Crippen LogP contribution is -2.37. The molecule has 0 fully saturated rings. The molecule has 142 valence electrons. The Kier molecular flexibility index (Phi) is 6.59. The molecule has 0 aliphatic carbocycles. The van der Waals surface area contributed by atoms with Crippen molar-refractivity contribution in [2.24, 2.45) is 0 Å². The smallest absolute Gasteiger partial charge is 0.337 e. The first-order chi connectivity index (χ1) is 12.8. The van der Waals surface area contributed by atoms with Gasteiger partial charge in [-0.3, -0.25) is 9.59 Å². The number of anilines is 1. The van der Waals surface area contributed by atoms with E-state index in [1.165, 1.54) is 37.1 Å². The maximum absolute atomic E-state index is 13.2. The minimum atomic E-state index is -1.11. The number of carbonyl (C=O) groups excluding carboxylic acids is 3. The molecule has 2 rings (SSSR count). The zero-order valence-electron chi connectivity index (χ0n) is 14.8. The molecule has 0 bridgehead atoms. The quantitative estimate of drug-likeness (QED) is 0.786. The van der Waals surface area contributed by atoms with Crippen molar-refractivity contribution in [3.63, 3.8) is 0 Å². The summed E-state index contributed by atoms with van der Waals surface area (Å²) < 4.78 is 30.7. The first-order valence-corrected chi connectivity index (χ1v) is 8.03. The van der Waals surface area contributed by atoms with Crippen LogP contribution >= 0.6 is 0 Å². The van der Waals surface area contributed by atoms with E-state index in [1.807, 2.05) is 0 Å². The molecule has 0 atom stereocenters. The molecule has 0 aromatic heterocycles. The van der Waals surface area contributed by atoms with Gasteiger partial charge in [0.05, 0.1) is 12.7 Å². The summed E-state index contributed by atoms with van der Waals surface area (Å²) in [5, 5.41) is 2.54. The van der Waals surface area contributed by atoms with Crippen molar-refractivity contribution < 1.29 is 27.9 Å². The van der Waals surface area contributed by atoms with E-state index >= 15 is 0 Å². The number of nitrogens with zero attached hydrogens (tertiary/aromatic N) is 1. The van der Waals surface area contributed by atoms with Crippen molar-refractivity contribution in [3.05, 3.63) is 65.2 Å². The van der Waals surface area contributed by atoms with Crippen molar-refractivity contribution in [3.8, 4) is 0 Å². The van der Waals surface area contributed by atoms with Gasteiger partial charge in [0.1, 0.15) is 0 Å². The van der Waals surface area contributed by atoms with Crippen molar-refractivity contribution in [1.29, 1.82) is 0 Å². The second kappa shape index (κ2) is 8.88. The summed E-state index contributed by atoms with van der Waals surface area (Å²) in [5.74, 6) is -3.49. The van der Waals surface area contributed by atoms with Gasteiger partial charge in [-0.2, -0.15) is 0 Å². The van der Waals surface area contributed by atoms with E-state index in [9.17, 15) is 23.2 Å². The lowest BCUT2D eigenvalue weighted by molar-refractivity contribution is -0.116. The minimum absolute atomic E-state index is 0.0225. The number of benzene rings is 2. The van der Waals surface area contributed by atoms with Gasteiger partial charge in [-0.15, -0.1) is 0 Å². The van der Waals surface area contributed by atoms with Crippen LogP contribution < -0.4 is 10.2 Å². The van der Waals surface area contributed by atoms with Gasteiger partial charge in [-0.25, -0.2) is 13.6 Å². The summed E-state index contributed by atoms with van der Waals surface area (Å²) in [6.45, 7) is 1.61. The highest BCUT2D eigenvalue weighted by molar-refractivity contribution is 5.95. The monoisotopic (exact) mass is 376 g/mol. The summed E-state index contributed by atoms with van der Waals surface area (Å²) in [4.78, 5) is 36.7. The molecule has 0 saturated carbocycles. The molecule has 0 aliphatic rings. The average molecular weight is 376 g/mol. The number of carbonyl (C=O) groups is 3. The molecule has 0 saturated heterocycles. The zero-order valence-corrected chi connectivity index (χ0v) is 14.8. The maximum atomic E-state index is 13.2. The van der Waals surface area contributed by atoms with Crippen molar-refractivity contribution in [2.45, 2.75) is 6.92 Å². The van der Waals surface area contributed by atoms with E-state index in [0.717, 1.165) is 12.1 Å². The number of esters is 1. The fourth-order valence-corrected chi connectivity index (χ4v) is 2.38. The molecule has 0 spiro atoms. The van der Waals surface area contributed by atoms with Gasteiger partial charge in [-0.1, -0.05) is 0 Å². The molecular formula is C19H18F2N2O4. The number of rotatable bonds is 6. The second-order valence-electron chi connectivity index (χ2n) is 5.59. The Balaban J connectivity index is 2.00. The summed E-state index contributed by atoms with van der Waals surface area (Å²) in [5.41, 5.74) is 0.860. The van der Waals surface area contributed by atoms with Crippen molar-refractivity contribution >= 4 is 23.5 Å². The summed E-state index contributed by atoms with van der Waals surface area (Å²) >= 11 is 0. The molecular weight excluding hydrogens is 358 g/mol. The van der Waals surface area contributed by atoms with Crippen LogP contribution in [0.5, 0.6) is 0 Å². The molecule has 0 unspecified atom stereocenters. The predicted octanol–water partition coefficient (Wildman–Crippen LogP) is 2.53. The van der Waals surface area contributed by atoms with Gasteiger partial charge in [0, 0.05) is 31.3 Å². The normalized spacial score (nSPS) is 10.2. The zero-order chi connectivity index (χ0) is 20.0. The fourth-order valence-electron chi connectivity index (χ4n) is 2.38. The molecule has 27 heavy (non-hydrogen) atoms. The highest BCUT2D eigenvalue weighted by atomic mass is 19.2. The summed E-state index contributed by atoms with van der Waals surface area (Å²) in [7, 11) is 1.27. The standard InChI is InChI=1S/C19H18F2N2O4/c1-12(24)23(15-6-3-13(4-7-15)19(26)27-2)10-9-22-18(25)14-5-8-16(20)17(21)11-14/h3-8,11H,9-10H2,1-2H3,(H,22,25). The van der Waals surface area contributed by atoms with Crippen molar-refractivity contribution in [2.75, 3.05) is 25.1 Å². The molecule has 2 aromatic carbocycles. The maximum Gasteiger partial charge on any atom is 0.337 e. The molecule has 0 heterocycles. The molecule has 8 heteroatoms. The van der Waals surface area contributed by atoms with E-state index < -0.39 is 23.5 Å². The van der Waals surface area contributed by atoms with Gasteiger partial charge in [0.2, 0.25) is 5.91 Å². The van der Waals surface area contributed by atoms with E-state index in [-0.39, 0.29) is 24.6 Å². The third-order valence-electron chi connectivity index (χ3n) is 3.78. The van der Waals surface area contributed by atoms with Gasteiger partial charge >= 0.3 is 5.97 Å². The highest BCUT2D eigenvalue weighted by Gasteiger charge is 2.14. The Morgan fingerprint density at radius 2 is 1.63 bits per heavy atom. The fraction of sp³-hybridized carbons (Fsp3) is 0.211. The van der Waals surface area contributed by atoms with Gasteiger partial charge in [0.25, 0.3) is 5.91 Å². The minimum Gasteiger partial charge on any atom is -0.465 e. The Hall–Kier alpha value is -3.29. The van der Waals surface area contributed by atoms with Crippen LogP contribution in [-0.4, -0.2) is 38.0 Å². The van der Waals surface area contributed by atoms with Crippen LogP contribution in [0.25, 0.3) is 0 Å². The van der Waals surface area contributed by atoms with Crippen LogP contribution in [0.2, 0.25) is 0 Å². The molecule has 0 aliphatic heterocycles. The topological polar surface area (TPSA) is 75.7 Å². The Bertz CT molecular complexity index is 853. The van der Waals surface area contributed by atoms with Crippen LogP contribution in [0, 0.1) is 11.6 Å². The third-order valence-corrected chi connectivity index (χ3v) is 3.78. The van der Waals surface area contributed by atoms with Crippen LogP contribution in [-0.2, 0) is 9.53 Å². The molecule has 0 radical (unpaired) electrons. The lowest BCUT2D eigenvalue weighted by Gasteiger charge is -2.21. The van der Waals surface area contributed by atoms with Crippen LogP contribution in [0.3, 0.4) is 0 Å². The number of hydrogen-bond acceptors (Lipinski definition) is 4. The number of ether oxygens (including phenoxy) is 1. The number of methoxy groups -OCH3 is 1. The van der Waals surface area contributed by atoms with Crippen LogP contribution in [0.1, 0.15) is 27.6 Å². The van der Waals surface area contributed by atoms with Crippen LogP contribution in [0.15, 0.2) is 42.5 Å². The first kappa shape index (κ1) is 20.0. The van der Waals surface area contributed by atoms with Crippen molar-refractivity contribution in [1.82, 2.24) is 5.32 Å². The number of nitrogens with one attached hydrogen (secondary N) is 1. The van der Waals surface area contributed by atoms with Gasteiger partial charge < -0.3 is 15.0 Å². The summed E-state index contributed by atoms with van der Waals surface area (Å²) in [6, 6.07) is 9.07. The number of hydrogen-bond donors (Lipinski definition) is 1. The second-order valence-corrected chi connectivity index (χ2v) is 5.59.